The lowest BCUT2D eigenvalue weighted by molar-refractivity contribution is -0.146. The van der Waals surface area contributed by atoms with Gasteiger partial charge in [0.25, 0.3) is 0 Å². The van der Waals surface area contributed by atoms with E-state index in [0.29, 0.717) is 13.2 Å². The van der Waals surface area contributed by atoms with Gasteiger partial charge in [0.15, 0.2) is 0 Å². The molecule has 0 heterocycles. The number of hydrogen-bond acceptors (Lipinski definition) is 3. The highest BCUT2D eigenvalue weighted by molar-refractivity contribution is 5.96. The fourth-order valence-electron chi connectivity index (χ4n) is 1.05. The first kappa shape index (κ1) is 13.1. The van der Waals surface area contributed by atoms with Gasteiger partial charge in [-0.15, -0.1) is 0 Å². The molecular formula is C10H18O4. The quantitative estimate of drug-likeness (QED) is 0.478. The van der Waals surface area contributed by atoms with Crippen molar-refractivity contribution in [2.75, 3.05) is 13.2 Å². The summed E-state index contributed by atoms with van der Waals surface area (Å²) in [5.41, 5.74) is 0. The molecule has 0 amide bonds. The summed E-state index contributed by atoms with van der Waals surface area (Å²) in [6, 6.07) is 0. The first-order valence-corrected chi connectivity index (χ1v) is 4.90. The highest BCUT2D eigenvalue weighted by Gasteiger charge is 2.21. The Bertz CT molecular complexity index is 175. The topological polar surface area (TPSA) is 63.6 Å². The predicted molar refractivity (Wildman–Crippen MR) is 52.2 cm³/mol. The number of ketones is 1. The average molecular weight is 202 g/mol. The van der Waals surface area contributed by atoms with Gasteiger partial charge in [-0.05, 0) is 19.8 Å². The predicted octanol–water partition coefficient (Wildman–Crippen LogP) is 1.48. The van der Waals surface area contributed by atoms with E-state index in [4.69, 9.17) is 9.84 Å². The SMILES string of the molecule is CCCCOCCC(C(C)=O)C(=O)O. The van der Waals surface area contributed by atoms with Crippen LogP contribution in [0.4, 0.5) is 0 Å². The zero-order valence-electron chi connectivity index (χ0n) is 8.78. The summed E-state index contributed by atoms with van der Waals surface area (Å²) in [6.07, 6.45) is 2.29. The summed E-state index contributed by atoms with van der Waals surface area (Å²) in [7, 11) is 0. The van der Waals surface area contributed by atoms with Crippen LogP contribution in [-0.4, -0.2) is 30.1 Å². The van der Waals surface area contributed by atoms with E-state index < -0.39 is 11.9 Å². The summed E-state index contributed by atoms with van der Waals surface area (Å²) in [4.78, 5) is 21.5. The molecule has 4 heteroatoms. The third kappa shape index (κ3) is 5.70. The molecular weight excluding hydrogens is 184 g/mol. The van der Waals surface area contributed by atoms with Crippen LogP contribution in [-0.2, 0) is 14.3 Å². The van der Waals surface area contributed by atoms with Gasteiger partial charge in [0.05, 0.1) is 0 Å². The molecule has 82 valence electrons. The van der Waals surface area contributed by atoms with Crippen molar-refractivity contribution in [2.45, 2.75) is 33.1 Å². The molecule has 0 radical (unpaired) electrons. The molecule has 0 aromatic rings. The monoisotopic (exact) mass is 202 g/mol. The number of aliphatic carboxylic acids is 1. The van der Waals surface area contributed by atoms with Gasteiger partial charge in [-0.1, -0.05) is 13.3 Å². The molecule has 0 spiro atoms. The number of carboxylic acids is 1. The van der Waals surface area contributed by atoms with Crippen molar-refractivity contribution in [3.63, 3.8) is 0 Å². The lowest BCUT2D eigenvalue weighted by Crippen LogP contribution is -2.23. The van der Waals surface area contributed by atoms with E-state index in [9.17, 15) is 9.59 Å². The molecule has 14 heavy (non-hydrogen) atoms. The molecule has 0 saturated carbocycles. The van der Waals surface area contributed by atoms with Crippen molar-refractivity contribution in [1.29, 1.82) is 0 Å². The highest BCUT2D eigenvalue weighted by Crippen LogP contribution is 2.05. The largest absolute Gasteiger partial charge is 0.481 e. The number of carbonyl (C=O) groups is 2. The van der Waals surface area contributed by atoms with Crippen LogP contribution in [0.3, 0.4) is 0 Å². The summed E-state index contributed by atoms with van der Waals surface area (Å²) < 4.78 is 5.19. The van der Waals surface area contributed by atoms with Crippen LogP contribution in [0.15, 0.2) is 0 Å². The summed E-state index contributed by atoms with van der Waals surface area (Å²) in [5.74, 6) is -2.27. The third-order valence-corrected chi connectivity index (χ3v) is 1.98. The van der Waals surface area contributed by atoms with Crippen LogP contribution >= 0.6 is 0 Å². The minimum absolute atomic E-state index is 0.272. The molecule has 0 aromatic heterocycles. The molecule has 4 nitrogen and oxygen atoms in total. The first-order valence-electron chi connectivity index (χ1n) is 4.90. The normalized spacial score (nSPS) is 12.4. The van der Waals surface area contributed by atoms with Gasteiger partial charge in [0, 0.05) is 13.2 Å². The second kappa shape index (κ2) is 7.50. The van der Waals surface area contributed by atoms with Gasteiger partial charge in [0.1, 0.15) is 11.7 Å². The first-order chi connectivity index (χ1) is 6.59. The van der Waals surface area contributed by atoms with E-state index in [2.05, 4.69) is 6.92 Å². The fourth-order valence-corrected chi connectivity index (χ4v) is 1.05. The number of carbonyl (C=O) groups excluding carboxylic acids is 1. The van der Waals surface area contributed by atoms with Crippen molar-refractivity contribution in [2.24, 2.45) is 5.92 Å². The van der Waals surface area contributed by atoms with E-state index in [1.165, 1.54) is 6.92 Å². The molecule has 0 aliphatic carbocycles. The van der Waals surface area contributed by atoms with Crippen LogP contribution in [0.1, 0.15) is 33.1 Å². The average Bonchev–Trinajstić information content (AvgIpc) is 2.09. The number of Topliss-reactive ketones (excluding diaryl/α,β-unsaturated/α-hetero) is 1. The lowest BCUT2D eigenvalue weighted by Gasteiger charge is -2.08. The molecule has 0 rings (SSSR count). The maximum absolute atomic E-state index is 10.9. The summed E-state index contributed by atoms with van der Waals surface area (Å²) in [6.45, 7) is 4.33. The number of rotatable bonds is 8. The van der Waals surface area contributed by atoms with Crippen LogP contribution in [0.5, 0.6) is 0 Å². The number of hydrogen-bond donors (Lipinski definition) is 1. The zero-order chi connectivity index (χ0) is 11.0. The van der Waals surface area contributed by atoms with Crippen molar-refractivity contribution in [1.82, 2.24) is 0 Å². The molecule has 0 aromatic carbocycles. The van der Waals surface area contributed by atoms with Gasteiger partial charge in [-0.3, -0.25) is 9.59 Å². The minimum Gasteiger partial charge on any atom is -0.481 e. The highest BCUT2D eigenvalue weighted by atomic mass is 16.5. The smallest absolute Gasteiger partial charge is 0.314 e. The van der Waals surface area contributed by atoms with Crippen molar-refractivity contribution in [3.8, 4) is 0 Å². The Morgan fingerprint density at radius 2 is 2.00 bits per heavy atom. The number of unbranched alkanes of at least 4 members (excludes halogenated alkanes) is 1. The summed E-state index contributed by atoms with van der Waals surface area (Å²) in [5, 5.41) is 8.67. The minimum atomic E-state index is -1.06. The molecule has 0 fully saturated rings. The van der Waals surface area contributed by atoms with Crippen LogP contribution < -0.4 is 0 Å². The second-order valence-corrected chi connectivity index (χ2v) is 3.26. The van der Waals surface area contributed by atoms with E-state index in [1.807, 2.05) is 0 Å². The van der Waals surface area contributed by atoms with Gasteiger partial charge in [-0.25, -0.2) is 0 Å². The van der Waals surface area contributed by atoms with Crippen molar-refractivity contribution in [3.05, 3.63) is 0 Å². The zero-order valence-corrected chi connectivity index (χ0v) is 8.78. The number of carboxylic acid groups (broad SMARTS) is 1. The Kier molecular flexibility index (Phi) is 7.02. The van der Waals surface area contributed by atoms with Crippen LogP contribution in [0.25, 0.3) is 0 Å². The fraction of sp³-hybridized carbons (Fsp3) is 0.800. The van der Waals surface area contributed by atoms with E-state index in [1.54, 1.807) is 0 Å². The molecule has 1 atom stereocenters. The molecule has 0 saturated heterocycles. The maximum atomic E-state index is 10.9. The lowest BCUT2D eigenvalue weighted by atomic mass is 10.0. The van der Waals surface area contributed by atoms with E-state index in [0.717, 1.165) is 12.8 Å². The van der Waals surface area contributed by atoms with Gasteiger partial charge < -0.3 is 9.84 Å². The molecule has 0 bridgehead atoms. The standard InChI is InChI=1S/C10H18O4/c1-3-4-6-14-7-5-9(8(2)11)10(12)13/h9H,3-7H2,1-2H3,(H,12,13). The van der Waals surface area contributed by atoms with Crippen LogP contribution in [0.2, 0.25) is 0 Å². The third-order valence-electron chi connectivity index (χ3n) is 1.98. The Hall–Kier alpha value is -0.900. The van der Waals surface area contributed by atoms with Gasteiger partial charge >= 0.3 is 5.97 Å². The van der Waals surface area contributed by atoms with Crippen molar-refractivity contribution < 1.29 is 19.4 Å². The second-order valence-electron chi connectivity index (χ2n) is 3.26. The molecule has 0 aliphatic rings. The molecule has 1 N–H and O–H groups in total. The Labute approximate surface area is 84.3 Å². The molecule has 0 aliphatic heterocycles. The van der Waals surface area contributed by atoms with Crippen LogP contribution in [0, 0.1) is 5.92 Å². The van der Waals surface area contributed by atoms with E-state index >= 15 is 0 Å². The summed E-state index contributed by atoms with van der Waals surface area (Å²) >= 11 is 0. The number of ether oxygens (including phenoxy) is 1. The molecule has 1 unspecified atom stereocenters. The Morgan fingerprint density at radius 3 is 2.43 bits per heavy atom. The van der Waals surface area contributed by atoms with E-state index in [-0.39, 0.29) is 12.2 Å². The Morgan fingerprint density at radius 1 is 1.36 bits per heavy atom. The van der Waals surface area contributed by atoms with Crippen molar-refractivity contribution >= 4 is 11.8 Å². The van der Waals surface area contributed by atoms with Gasteiger partial charge in [0.2, 0.25) is 0 Å². The van der Waals surface area contributed by atoms with Gasteiger partial charge in [-0.2, -0.15) is 0 Å². The Balaban J connectivity index is 3.62. The maximum Gasteiger partial charge on any atom is 0.314 e.